The number of nitriles is 1. The van der Waals surface area contributed by atoms with E-state index >= 15 is 0 Å². The minimum atomic E-state index is -0.798. The molecule has 0 saturated heterocycles. The number of pyridine rings is 1. The van der Waals surface area contributed by atoms with E-state index in [9.17, 15) is 20.0 Å². The van der Waals surface area contributed by atoms with Crippen LogP contribution in [0.2, 0.25) is 0 Å². The van der Waals surface area contributed by atoms with Crippen molar-refractivity contribution in [1.82, 2.24) is 9.58 Å². The summed E-state index contributed by atoms with van der Waals surface area (Å²) in [6, 6.07) is 20.2. The molecule has 0 bridgehead atoms. The van der Waals surface area contributed by atoms with Crippen LogP contribution < -0.4 is 11.0 Å². The van der Waals surface area contributed by atoms with E-state index in [2.05, 4.69) is 24.2 Å². The zero-order valence-electron chi connectivity index (χ0n) is 23.6. The van der Waals surface area contributed by atoms with Gasteiger partial charge in [0.1, 0.15) is 11.6 Å². The van der Waals surface area contributed by atoms with Crippen LogP contribution in [-0.2, 0) is 0 Å². The van der Waals surface area contributed by atoms with Gasteiger partial charge in [-0.3, -0.25) is 24.9 Å². The van der Waals surface area contributed by atoms with Crippen LogP contribution in [0.3, 0.4) is 0 Å². The lowest BCUT2D eigenvalue weighted by Gasteiger charge is -2.25. The van der Waals surface area contributed by atoms with E-state index in [0.29, 0.717) is 11.1 Å². The van der Waals surface area contributed by atoms with Gasteiger partial charge in [-0.05, 0) is 43.5 Å². The van der Waals surface area contributed by atoms with Crippen LogP contribution in [0.1, 0.15) is 72.1 Å². The van der Waals surface area contributed by atoms with Crippen molar-refractivity contribution in [3.05, 3.63) is 104 Å². The highest BCUT2D eigenvalue weighted by Gasteiger charge is 2.30. The number of nitrogens with zero attached hydrogens (tertiary/aromatic N) is 4. The number of carbonyl (C=O) groups excluding carboxylic acids is 1. The highest BCUT2D eigenvalue weighted by molar-refractivity contribution is 8.05. The van der Waals surface area contributed by atoms with Gasteiger partial charge >= 0.3 is 0 Å². The predicted molar refractivity (Wildman–Crippen MR) is 166 cm³/mol. The molecular formula is C32H35N5O3S. The summed E-state index contributed by atoms with van der Waals surface area (Å²) in [7, 11) is 0. The van der Waals surface area contributed by atoms with Gasteiger partial charge in [0.25, 0.3) is 11.5 Å². The zero-order valence-corrected chi connectivity index (χ0v) is 24.4. The van der Waals surface area contributed by atoms with Crippen molar-refractivity contribution >= 4 is 29.5 Å². The topological polar surface area (TPSA) is 111 Å². The van der Waals surface area contributed by atoms with Gasteiger partial charge in [-0.15, -0.1) is 0 Å². The lowest BCUT2D eigenvalue weighted by molar-refractivity contribution is 0.100. The monoisotopic (exact) mass is 569 g/mol. The van der Waals surface area contributed by atoms with Crippen molar-refractivity contribution in [2.45, 2.75) is 52.0 Å². The first-order chi connectivity index (χ1) is 19.9. The molecule has 0 aliphatic carbocycles. The molecule has 1 aromatic heterocycles. The number of unbranched alkanes of at least 4 members (excludes halogenated alkanes) is 2. The van der Waals surface area contributed by atoms with E-state index in [-0.39, 0.29) is 16.6 Å². The number of hydrogen-bond acceptors (Lipinski definition) is 7. The third kappa shape index (κ3) is 6.79. The van der Waals surface area contributed by atoms with Crippen LogP contribution in [0.15, 0.2) is 75.4 Å². The highest BCUT2D eigenvalue weighted by Crippen LogP contribution is 2.39. The van der Waals surface area contributed by atoms with Crippen LogP contribution in [0.5, 0.6) is 5.88 Å². The lowest BCUT2D eigenvalue weighted by atomic mass is 10.0. The van der Waals surface area contributed by atoms with Gasteiger partial charge in [0.2, 0.25) is 5.88 Å². The van der Waals surface area contributed by atoms with Gasteiger partial charge in [0.05, 0.1) is 5.71 Å². The molecule has 1 amide bonds. The summed E-state index contributed by atoms with van der Waals surface area (Å²) in [5, 5.41) is 21.2. The van der Waals surface area contributed by atoms with E-state index in [1.165, 1.54) is 0 Å². The van der Waals surface area contributed by atoms with Crippen molar-refractivity contribution in [3.63, 3.8) is 0 Å². The van der Waals surface area contributed by atoms with E-state index in [1.807, 2.05) is 36.4 Å². The molecule has 1 aliphatic heterocycles. The average Bonchev–Trinajstić information content (AvgIpc) is 3.42. The van der Waals surface area contributed by atoms with Crippen molar-refractivity contribution in [2.24, 2.45) is 4.99 Å². The Hall–Kier alpha value is -4.13. The first-order valence-corrected chi connectivity index (χ1v) is 14.8. The standard InChI is InChI=1S/C32H35N5O3S/c1-4-6-18-36(19-7-5-2)32-34-28(23-14-10-8-11-15-23)27(41-32)20-25-22(3)26(21-33)31(40)37(30(25)39)35-29(38)24-16-12-9-13-17-24/h8-17,20,32,39H,4-7,18-19H2,1-3H3,(H,35,38)/b27-20-. The molecule has 0 spiro atoms. The number of carbonyl (C=O) groups is 1. The summed E-state index contributed by atoms with van der Waals surface area (Å²) in [6.07, 6.45) is 6.06. The molecule has 3 aromatic rings. The van der Waals surface area contributed by atoms with Crippen molar-refractivity contribution in [2.75, 3.05) is 18.5 Å². The minimum Gasteiger partial charge on any atom is -0.493 e. The third-order valence-corrected chi connectivity index (χ3v) is 8.13. The third-order valence-electron chi connectivity index (χ3n) is 6.95. The van der Waals surface area contributed by atoms with Crippen molar-refractivity contribution < 1.29 is 9.90 Å². The molecule has 2 heterocycles. The normalized spacial score (nSPS) is 15.6. The van der Waals surface area contributed by atoms with Gasteiger partial charge in [-0.1, -0.05) is 87.0 Å². The molecule has 41 heavy (non-hydrogen) atoms. The molecule has 2 N–H and O–H groups in total. The smallest absolute Gasteiger partial charge is 0.290 e. The zero-order chi connectivity index (χ0) is 29.4. The Bertz CT molecular complexity index is 1530. The molecule has 212 valence electrons. The minimum absolute atomic E-state index is 0.142. The van der Waals surface area contributed by atoms with Crippen LogP contribution in [0.4, 0.5) is 0 Å². The number of allylic oxidation sites excluding steroid dienone is 1. The molecule has 1 unspecified atom stereocenters. The Morgan fingerprint density at radius 2 is 1.71 bits per heavy atom. The number of aromatic nitrogens is 1. The van der Waals surface area contributed by atoms with Crippen LogP contribution in [-0.4, -0.2) is 44.9 Å². The summed E-state index contributed by atoms with van der Waals surface area (Å²) in [5.74, 6) is -1.03. The number of nitrogens with one attached hydrogen (secondary N) is 1. The van der Waals surface area contributed by atoms with Crippen molar-refractivity contribution in [1.29, 1.82) is 5.26 Å². The summed E-state index contributed by atoms with van der Waals surface area (Å²) in [5.41, 5.74) is 4.00. The van der Waals surface area contributed by atoms with Crippen molar-refractivity contribution in [3.8, 4) is 11.9 Å². The number of aliphatic imine (C=N–C) groups is 1. The van der Waals surface area contributed by atoms with Gasteiger partial charge < -0.3 is 5.11 Å². The number of rotatable bonds is 11. The summed E-state index contributed by atoms with van der Waals surface area (Å²) in [4.78, 5) is 34.3. The SMILES string of the molecule is CCCCN(CCCC)C1N=C(c2ccccc2)/C(=C/c2c(C)c(C#N)c(=O)n(NC(=O)c3ccccc3)c2O)S1. The molecular weight excluding hydrogens is 534 g/mol. The highest BCUT2D eigenvalue weighted by atomic mass is 32.2. The Morgan fingerprint density at radius 3 is 2.29 bits per heavy atom. The number of benzene rings is 2. The van der Waals surface area contributed by atoms with E-state index in [1.54, 1.807) is 55.1 Å². The first kappa shape index (κ1) is 29.8. The van der Waals surface area contributed by atoms with Gasteiger partial charge in [0, 0.05) is 34.7 Å². The summed E-state index contributed by atoms with van der Waals surface area (Å²) < 4.78 is 0.749. The van der Waals surface area contributed by atoms with Crippen LogP contribution >= 0.6 is 11.8 Å². The molecule has 0 fully saturated rings. The second kappa shape index (κ2) is 14.0. The maximum atomic E-state index is 13.1. The van der Waals surface area contributed by atoms with Crippen LogP contribution in [0, 0.1) is 18.3 Å². The van der Waals surface area contributed by atoms with E-state index in [4.69, 9.17) is 4.99 Å². The fourth-order valence-electron chi connectivity index (χ4n) is 4.58. The maximum Gasteiger partial charge on any atom is 0.290 e. The van der Waals surface area contributed by atoms with Crippen LogP contribution in [0.25, 0.3) is 6.08 Å². The fourth-order valence-corrected chi connectivity index (χ4v) is 5.80. The molecule has 2 aromatic carbocycles. The number of hydrogen-bond donors (Lipinski definition) is 2. The number of thioether (sulfide) groups is 1. The summed E-state index contributed by atoms with van der Waals surface area (Å²) in [6.45, 7) is 7.82. The molecule has 1 atom stereocenters. The summed E-state index contributed by atoms with van der Waals surface area (Å²) >= 11 is 1.58. The Morgan fingerprint density at radius 1 is 1.10 bits per heavy atom. The molecule has 1 aliphatic rings. The number of amides is 1. The van der Waals surface area contributed by atoms with Gasteiger partial charge in [-0.25, -0.2) is 0 Å². The first-order valence-electron chi connectivity index (χ1n) is 13.9. The second-order valence-corrected chi connectivity index (χ2v) is 10.9. The molecule has 9 heteroatoms. The molecule has 8 nitrogen and oxygen atoms in total. The Kier molecular flexibility index (Phi) is 10.2. The number of aromatic hydroxyl groups is 1. The Labute approximate surface area is 245 Å². The second-order valence-electron chi connectivity index (χ2n) is 9.84. The molecule has 0 radical (unpaired) electrons. The fraction of sp³-hybridized carbons (Fsp3) is 0.312. The Balaban J connectivity index is 1.81. The predicted octanol–water partition coefficient (Wildman–Crippen LogP) is 5.88. The van der Waals surface area contributed by atoms with E-state index < -0.39 is 17.3 Å². The molecule has 4 rings (SSSR count). The average molecular weight is 570 g/mol. The maximum absolute atomic E-state index is 13.1. The van der Waals surface area contributed by atoms with Gasteiger partial charge in [-0.2, -0.15) is 9.94 Å². The van der Waals surface area contributed by atoms with Gasteiger partial charge in [0.15, 0.2) is 5.50 Å². The largest absolute Gasteiger partial charge is 0.493 e. The van der Waals surface area contributed by atoms with E-state index in [0.717, 1.165) is 59.6 Å². The lowest BCUT2D eigenvalue weighted by Crippen LogP contribution is -2.35. The molecule has 0 saturated carbocycles. The quantitative estimate of drug-likeness (QED) is 0.298.